The van der Waals surface area contributed by atoms with Crippen molar-refractivity contribution >= 4 is 11.3 Å². The summed E-state index contributed by atoms with van der Waals surface area (Å²) >= 11 is 1.65. The van der Waals surface area contributed by atoms with Gasteiger partial charge in [-0.15, -0.1) is 0 Å². The van der Waals surface area contributed by atoms with Crippen molar-refractivity contribution in [2.24, 2.45) is 0 Å². The van der Waals surface area contributed by atoms with Crippen LogP contribution < -0.4 is 5.32 Å². The minimum absolute atomic E-state index is 0.0876. The number of thiophene rings is 1. The molecule has 2 rings (SSSR count). The zero-order valence-corrected chi connectivity index (χ0v) is 11.0. The third-order valence-electron chi connectivity index (χ3n) is 2.89. The molecule has 1 heterocycles. The van der Waals surface area contributed by atoms with Gasteiger partial charge in [0.05, 0.1) is 6.10 Å². The van der Waals surface area contributed by atoms with E-state index >= 15 is 0 Å². The molecule has 1 aromatic carbocycles. The maximum absolute atomic E-state index is 12.8. The molecule has 0 fully saturated rings. The van der Waals surface area contributed by atoms with E-state index in [4.69, 9.17) is 0 Å². The van der Waals surface area contributed by atoms with Gasteiger partial charge < -0.3 is 10.4 Å². The topological polar surface area (TPSA) is 32.3 Å². The lowest BCUT2D eigenvalue weighted by molar-refractivity contribution is 0.135. The molecule has 2 unspecified atom stereocenters. The van der Waals surface area contributed by atoms with Crippen molar-refractivity contribution in [3.63, 3.8) is 0 Å². The normalized spacial score (nSPS) is 14.4. The Morgan fingerprint density at radius 2 is 2.00 bits per heavy atom. The third kappa shape index (κ3) is 3.38. The number of aliphatic hydroxyl groups is 1. The predicted octanol–water partition coefficient (Wildman–Crippen LogP) is 3.10. The number of hydrogen-bond acceptors (Lipinski definition) is 3. The minimum Gasteiger partial charge on any atom is -0.387 e. The first-order valence-electron chi connectivity index (χ1n) is 5.85. The highest BCUT2D eigenvalue weighted by atomic mass is 32.1. The Bertz CT molecular complexity index is 469. The highest BCUT2D eigenvalue weighted by molar-refractivity contribution is 7.07. The second-order valence-electron chi connectivity index (χ2n) is 4.30. The molecule has 2 N–H and O–H groups in total. The summed E-state index contributed by atoms with van der Waals surface area (Å²) in [4.78, 5) is 0. The van der Waals surface area contributed by atoms with Crippen LogP contribution in [0, 0.1) is 5.82 Å². The van der Waals surface area contributed by atoms with Crippen molar-refractivity contribution in [1.29, 1.82) is 0 Å². The van der Waals surface area contributed by atoms with E-state index < -0.39 is 6.10 Å². The van der Waals surface area contributed by atoms with Gasteiger partial charge >= 0.3 is 0 Å². The van der Waals surface area contributed by atoms with Gasteiger partial charge in [0, 0.05) is 12.6 Å². The predicted molar refractivity (Wildman–Crippen MR) is 72.0 cm³/mol. The maximum atomic E-state index is 12.8. The maximum Gasteiger partial charge on any atom is 0.123 e. The zero-order chi connectivity index (χ0) is 13.0. The number of rotatable bonds is 5. The first-order chi connectivity index (χ1) is 8.66. The standard InChI is InChI=1S/C14H16FNOS/c1-10(16-8-11-6-7-18-9-11)14(17)12-2-4-13(15)5-3-12/h2-7,9-10,14,16-17H,8H2,1H3. The number of halogens is 1. The first-order valence-corrected chi connectivity index (χ1v) is 6.79. The van der Waals surface area contributed by atoms with Gasteiger partial charge in [0.2, 0.25) is 0 Å². The number of benzene rings is 1. The minimum atomic E-state index is -0.635. The average Bonchev–Trinajstić information content (AvgIpc) is 2.89. The molecule has 4 heteroatoms. The third-order valence-corrected chi connectivity index (χ3v) is 3.63. The molecule has 0 aliphatic carbocycles. The molecule has 0 spiro atoms. The molecule has 18 heavy (non-hydrogen) atoms. The van der Waals surface area contributed by atoms with Gasteiger partial charge in [-0.05, 0) is 47.0 Å². The molecule has 2 atom stereocenters. The second kappa shape index (κ2) is 6.09. The fourth-order valence-corrected chi connectivity index (χ4v) is 2.40. The van der Waals surface area contributed by atoms with Crippen LogP contribution in [0.1, 0.15) is 24.2 Å². The van der Waals surface area contributed by atoms with Crippen molar-refractivity contribution in [3.8, 4) is 0 Å². The van der Waals surface area contributed by atoms with E-state index in [1.807, 2.05) is 12.3 Å². The van der Waals surface area contributed by atoms with Crippen LogP contribution in [0.4, 0.5) is 4.39 Å². The first kappa shape index (κ1) is 13.2. The van der Waals surface area contributed by atoms with Crippen molar-refractivity contribution in [3.05, 3.63) is 58.0 Å². The van der Waals surface area contributed by atoms with Gasteiger partial charge in [-0.1, -0.05) is 12.1 Å². The largest absolute Gasteiger partial charge is 0.387 e. The molecular formula is C14H16FNOS. The van der Waals surface area contributed by atoms with Crippen molar-refractivity contribution in [2.45, 2.75) is 25.6 Å². The van der Waals surface area contributed by atoms with E-state index in [2.05, 4.69) is 16.8 Å². The van der Waals surface area contributed by atoms with Crippen LogP contribution in [0.5, 0.6) is 0 Å². The van der Waals surface area contributed by atoms with E-state index in [9.17, 15) is 9.50 Å². The monoisotopic (exact) mass is 265 g/mol. The molecule has 2 aromatic rings. The molecule has 0 radical (unpaired) electrons. The van der Waals surface area contributed by atoms with Crippen LogP contribution in [-0.2, 0) is 6.54 Å². The Morgan fingerprint density at radius 3 is 2.61 bits per heavy atom. The fourth-order valence-electron chi connectivity index (χ4n) is 1.73. The van der Waals surface area contributed by atoms with Gasteiger partial charge in [0.1, 0.15) is 5.82 Å². The summed E-state index contributed by atoms with van der Waals surface area (Å²) in [5, 5.41) is 17.5. The lowest BCUT2D eigenvalue weighted by Gasteiger charge is -2.20. The van der Waals surface area contributed by atoms with Crippen LogP contribution in [0.2, 0.25) is 0 Å². The molecule has 96 valence electrons. The Labute approximate surface area is 110 Å². The Balaban J connectivity index is 1.91. The molecule has 2 nitrogen and oxygen atoms in total. The van der Waals surface area contributed by atoms with Gasteiger partial charge in [0.15, 0.2) is 0 Å². The lowest BCUT2D eigenvalue weighted by Crippen LogP contribution is -2.31. The smallest absolute Gasteiger partial charge is 0.123 e. The summed E-state index contributed by atoms with van der Waals surface area (Å²) in [6.45, 7) is 2.64. The summed E-state index contributed by atoms with van der Waals surface area (Å²) in [6.07, 6.45) is -0.635. The SMILES string of the molecule is CC(NCc1ccsc1)C(O)c1ccc(F)cc1. The van der Waals surface area contributed by atoms with Gasteiger partial charge in [-0.3, -0.25) is 0 Å². The van der Waals surface area contributed by atoms with E-state index in [1.54, 1.807) is 23.5 Å². The molecular weight excluding hydrogens is 249 g/mol. The van der Waals surface area contributed by atoms with Crippen molar-refractivity contribution in [1.82, 2.24) is 5.32 Å². The van der Waals surface area contributed by atoms with E-state index in [0.29, 0.717) is 0 Å². The average molecular weight is 265 g/mol. The number of aliphatic hydroxyl groups excluding tert-OH is 1. The molecule has 0 aliphatic rings. The summed E-state index contributed by atoms with van der Waals surface area (Å²) in [5.41, 5.74) is 1.93. The van der Waals surface area contributed by atoms with E-state index in [1.165, 1.54) is 17.7 Å². The van der Waals surface area contributed by atoms with Crippen molar-refractivity contribution in [2.75, 3.05) is 0 Å². The van der Waals surface area contributed by atoms with Crippen molar-refractivity contribution < 1.29 is 9.50 Å². The van der Waals surface area contributed by atoms with Crippen LogP contribution in [0.25, 0.3) is 0 Å². The van der Waals surface area contributed by atoms with Gasteiger partial charge in [-0.2, -0.15) is 11.3 Å². The highest BCUT2D eigenvalue weighted by Gasteiger charge is 2.15. The quantitative estimate of drug-likeness (QED) is 0.870. The molecule has 0 saturated heterocycles. The highest BCUT2D eigenvalue weighted by Crippen LogP contribution is 2.17. The summed E-state index contributed by atoms with van der Waals surface area (Å²) in [6, 6.07) is 7.92. The molecule has 0 saturated carbocycles. The zero-order valence-electron chi connectivity index (χ0n) is 10.1. The van der Waals surface area contributed by atoms with Crippen LogP contribution >= 0.6 is 11.3 Å². The second-order valence-corrected chi connectivity index (χ2v) is 5.08. The summed E-state index contributed by atoms with van der Waals surface area (Å²) in [5.74, 6) is -0.287. The number of nitrogens with one attached hydrogen (secondary N) is 1. The summed E-state index contributed by atoms with van der Waals surface area (Å²) < 4.78 is 12.8. The Morgan fingerprint density at radius 1 is 1.28 bits per heavy atom. The molecule has 1 aromatic heterocycles. The van der Waals surface area contributed by atoms with E-state index in [0.717, 1.165) is 12.1 Å². The lowest BCUT2D eigenvalue weighted by atomic mass is 10.0. The Hall–Kier alpha value is -1.23. The van der Waals surface area contributed by atoms with Gasteiger partial charge in [-0.25, -0.2) is 4.39 Å². The van der Waals surface area contributed by atoms with E-state index in [-0.39, 0.29) is 11.9 Å². The fraction of sp³-hybridized carbons (Fsp3) is 0.286. The number of hydrogen-bond donors (Lipinski definition) is 2. The van der Waals surface area contributed by atoms with Gasteiger partial charge in [0.25, 0.3) is 0 Å². The van der Waals surface area contributed by atoms with Crippen LogP contribution in [0.3, 0.4) is 0 Å². The molecule has 0 bridgehead atoms. The Kier molecular flexibility index (Phi) is 4.47. The van der Waals surface area contributed by atoms with Crippen LogP contribution in [-0.4, -0.2) is 11.1 Å². The summed E-state index contributed by atoms with van der Waals surface area (Å²) in [7, 11) is 0. The molecule has 0 amide bonds. The molecule has 0 aliphatic heterocycles. The van der Waals surface area contributed by atoms with Crippen LogP contribution in [0.15, 0.2) is 41.1 Å².